The first-order valence-electron chi connectivity index (χ1n) is 8.77. The van der Waals surface area contributed by atoms with Crippen molar-refractivity contribution in [2.24, 2.45) is 0 Å². The van der Waals surface area contributed by atoms with Gasteiger partial charge in [-0.2, -0.15) is 0 Å². The Morgan fingerprint density at radius 2 is 1.92 bits per heavy atom. The van der Waals surface area contributed by atoms with Crippen LogP contribution in [0.4, 0.5) is 11.4 Å². The summed E-state index contributed by atoms with van der Waals surface area (Å²) in [7, 11) is 0. The second kappa shape index (κ2) is 7.95. The molecule has 1 aromatic heterocycles. The molecule has 0 aliphatic carbocycles. The average Bonchev–Trinajstić information content (AvgIpc) is 2.64. The summed E-state index contributed by atoms with van der Waals surface area (Å²) in [6.07, 6.45) is 7.90. The second-order valence-electron chi connectivity index (χ2n) is 6.53. The lowest BCUT2D eigenvalue weighted by Gasteiger charge is -2.28. The fourth-order valence-electron chi connectivity index (χ4n) is 3.18. The van der Waals surface area contributed by atoms with E-state index in [4.69, 9.17) is 0 Å². The van der Waals surface area contributed by atoms with Crippen LogP contribution in [-0.4, -0.2) is 24.0 Å². The summed E-state index contributed by atoms with van der Waals surface area (Å²) in [6.45, 7) is 4.32. The molecule has 0 saturated carbocycles. The molecule has 4 nitrogen and oxygen atoms in total. The number of hydrogen-bond acceptors (Lipinski definition) is 3. The molecule has 1 saturated heterocycles. The third-order valence-electron chi connectivity index (χ3n) is 4.62. The van der Waals surface area contributed by atoms with Crippen LogP contribution in [0, 0.1) is 0 Å². The topological polar surface area (TPSA) is 45.2 Å². The molecular weight excluding hydrogens is 298 g/mol. The molecule has 126 valence electrons. The number of rotatable bonds is 5. The summed E-state index contributed by atoms with van der Waals surface area (Å²) in [6, 6.07) is 12.1. The summed E-state index contributed by atoms with van der Waals surface area (Å²) in [4.78, 5) is 18.8. The lowest BCUT2D eigenvalue weighted by atomic mass is 9.99. The number of hydrogen-bond donors (Lipinski definition) is 1. The Morgan fingerprint density at radius 3 is 2.58 bits per heavy atom. The predicted octanol–water partition coefficient (Wildman–Crippen LogP) is 4.20. The molecule has 2 heterocycles. The van der Waals surface area contributed by atoms with Crippen LogP contribution in [-0.2, 0) is 4.79 Å². The van der Waals surface area contributed by atoms with Gasteiger partial charge in [0.1, 0.15) is 0 Å². The minimum atomic E-state index is 0.0390. The van der Waals surface area contributed by atoms with Gasteiger partial charge in [0.25, 0.3) is 0 Å². The van der Waals surface area contributed by atoms with Crippen molar-refractivity contribution in [1.29, 1.82) is 0 Å². The van der Waals surface area contributed by atoms with Crippen molar-refractivity contribution in [3.8, 4) is 0 Å². The zero-order chi connectivity index (χ0) is 16.8. The van der Waals surface area contributed by atoms with Gasteiger partial charge in [0, 0.05) is 43.3 Å². The summed E-state index contributed by atoms with van der Waals surface area (Å²) in [5.74, 6) is 0.198. The Kier molecular flexibility index (Phi) is 5.47. The number of nitrogens with zero attached hydrogens (tertiary/aromatic N) is 2. The average molecular weight is 323 g/mol. The minimum absolute atomic E-state index is 0.0390. The van der Waals surface area contributed by atoms with Gasteiger partial charge in [-0.15, -0.1) is 0 Å². The number of benzene rings is 1. The highest BCUT2D eigenvalue weighted by Gasteiger charge is 2.13. The first-order chi connectivity index (χ1) is 11.7. The number of carbonyl (C=O) groups excluding carboxylic acids is 1. The fraction of sp³-hybridized carbons (Fsp3) is 0.400. The molecule has 1 aliphatic rings. The van der Waals surface area contributed by atoms with Crippen LogP contribution < -0.4 is 10.2 Å². The largest absolute Gasteiger partial charge is 0.372 e. The van der Waals surface area contributed by atoms with E-state index in [9.17, 15) is 4.79 Å². The minimum Gasteiger partial charge on any atom is -0.372 e. The molecule has 1 aliphatic heterocycles. The zero-order valence-corrected chi connectivity index (χ0v) is 14.2. The number of pyridine rings is 1. The van der Waals surface area contributed by atoms with Crippen LogP contribution in [0.1, 0.15) is 44.1 Å². The predicted molar refractivity (Wildman–Crippen MR) is 98.4 cm³/mol. The van der Waals surface area contributed by atoms with Crippen LogP contribution in [0.5, 0.6) is 0 Å². The van der Waals surface area contributed by atoms with E-state index in [1.54, 1.807) is 6.20 Å². The van der Waals surface area contributed by atoms with Crippen molar-refractivity contribution in [3.63, 3.8) is 0 Å². The van der Waals surface area contributed by atoms with Crippen LogP contribution in [0.15, 0.2) is 48.8 Å². The third kappa shape index (κ3) is 4.34. The van der Waals surface area contributed by atoms with Crippen molar-refractivity contribution < 1.29 is 4.79 Å². The summed E-state index contributed by atoms with van der Waals surface area (Å²) >= 11 is 0. The maximum Gasteiger partial charge on any atom is 0.224 e. The van der Waals surface area contributed by atoms with Gasteiger partial charge in [0.05, 0.1) is 0 Å². The molecule has 0 spiro atoms. The van der Waals surface area contributed by atoms with Gasteiger partial charge in [-0.05, 0) is 61.1 Å². The maximum atomic E-state index is 12.2. The molecular formula is C20H25N3O. The van der Waals surface area contributed by atoms with E-state index in [2.05, 4.69) is 34.3 Å². The zero-order valence-electron chi connectivity index (χ0n) is 14.2. The molecule has 0 radical (unpaired) electrons. The molecule has 3 rings (SSSR count). The van der Waals surface area contributed by atoms with E-state index >= 15 is 0 Å². The van der Waals surface area contributed by atoms with E-state index in [1.807, 2.05) is 30.5 Å². The van der Waals surface area contributed by atoms with Crippen LogP contribution in [0.2, 0.25) is 0 Å². The SMILES string of the molecule is CC(CC(=O)Nc1ccc(N2CCCCC2)cc1)c1cccnc1. The summed E-state index contributed by atoms with van der Waals surface area (Å²) in [5.41, 5.74) is 3.20. The molecule has 4 heteroatoms. The fourth-order valence-corrected chi connectivity index (χ4v) is 3.18. The highest BCUT2D eigenvalue weighted by atomic mass is 16.1. The Balaban J connectivity index is 1.54. The quantitative estimate of drug-likeness (QED) is 0.897. The number of amides is 1. The lowest BCUT2D eigenvalue weighted by Crippen LogP contribution is -2.29. The first-order valence-corrected chi connectivity index (χ1v) is 8.77. The van der Waals surface area contributed by atoms with Crippen molar-refractivity contribution in [2.75, 3.05) is 23.3 Å². The van der Waals surface area contributed by atoms with Crippen molar-refractivity contribution in [3.05, 3.63) is 54.4 Å². The number of piperidine rings is 1. The normalized spacial score (nSPS) is 15.8. The van der Waals surface area contributed by atoms with Crippen molar-refractivity contribution >= 4 is 17.3 Å². The lowest BCUT2D eigenvalue weighted by molar-refractivity contribution is -0.116. The van der Waals surface area contributed by atoms with E-state index < -0.39 is 0 Å². The second-order valence-corrected chi connectivity index (χ2v) is 6.53. The summed E-state index contributed by atoms with van der Waals surface area (Å²) < 4.78 is 0. The molecule has 1 fully saturated rings. The Labute approximate surface area is 143 Å². The van der Waals surface area contributed by atoms with Gasteiger partial charge in [-0.25, -0.2) is 0 Å². The highest BCUT2D eigenvalue weighted by molar-refractivity contribution is 5.91. The molecule has 1 unspecified atom stereocenters. The molecule has 1 amide bonds. The molecule has 0 bridgehead atoms. The van der Waals surface area contributed by atoms with Crippen LogP contribution in [0.3, 0.4) is 0 Å². The van der Waals surface area contributed by atoms with E-state index in [0.29, 0.717) is 6.42 Å². The van der Waals surface area contributed by atoms with E-state index in [0.717, 1.165) is 24.3 Å². The van der Waals surface area contributed by atoms with Crippen LogP contribution >= 0.6 is 0 Å². The molecule has 1 N–H and O–H groups in total. The van der Waals surface area contributed by atoms with E-state index in [-0.39, 0.29) is 11.8 Å². The van der Waals surface area contributed by atoms with Gasteiger partial charge >= 0.3 is 0 Å². The van der Waals surface area contributed by atoms with Crippen LogP contribution in [0.25, 0.3) is 0 Å². The Bertz CT molecular complexity index is 648. The third-order valence-corrected chi connectivity index (χ3v) is 4.62. The number of nitrogens with one attached hydrogen (secondary N) is 1. The number of anilines is 2. The molecule has 2 aromatic rings. The van der Waals surface area contributed by atoms with Gasteiger partial charge in [-0.3, -0.25) is 9.78 Å². The maximum absolute atomic E-state index is 12.2. The first kappa shape index (κ1) is 16.5. The monoisotopic (exact) mass is 323 g/mol. The molecule has 24 heavy (non-hydrogen) atoms. The summed E-state index contributed by atoms with van der Waals surface area (Å²) in [5, 5.41) is 2.99. The standard InChI is InChI=1S/C20H25N3O/c1-16(17-6-5-11-21-15-17)14-20(24)22-18-7-9-19(10-8-18)23-12-3-2-4-13-23/h5-11,15-16H,2-4,12-14H2,1H3,(H,22,24). The van der Waals surface area contributed by atoms with Gasteiger partial charge in [-0.1, -0.05) is 13.0 Å². The number of carbonyl (C=O) groups is 1. The van der Waals surface area contributed by atoms with Crippen molar-refractivity contribution in [2.45, 2.75) is 38.5 Å². The number of aromatic nitrogens is 1. The Hall–Kier alpha value is -2.36. The van der Waals surface area contributed by atoms with Crippen molar-refractivity contribution in [1.82, 2.24) is 4.98 Å². The smallest absolute Gasteiger partial charge is 0.224 e. The van der Waals surface area contributed by atoms with Gasteiger partial charge in [0.2, 0.25) is 5.91 Å². The molecule has 1 atom stereocenters. The highest BCUT2D eigenvalue weighted by Crippen LogP contribution is 2.23. The van der Waals surface area contributed by atoms with Gasteiger partial charge in [0.15, 0.2) is 0 Å². The Morgan fingerprint density at radius 1 is 1.17 bits per heavy atom. The van der Waals surface area contributed by atoms with E-state index in [1.165, 1.54) is 24.9 Å². The molecule has 1 aromatic carbocycles. The van der Waals surface area contributed by atoms with Gasteiger partial charge < -0.3 is 10.2 Å².